The van der Waals surface area contributed by atoms with Crippen molar-refractivity contribution in [2.24, 2.45) is 0 Å². The summed E-state index contributed by atoms with van der Waals surface area (Å²) >= 11 is 0. The molecule has 2 rings (SSSR count). The highest BCUT2D eigenvalue weighted by molar-refractivity contribution is 5.37. The van der Waals surface area contributed by atoms with Gasteiger partial charge >= 0.3 is 0 Å². The van der Waals surface area contributed by atoms with Crippen molar-refractivity contribution in [3.8, 4) is 24.3 Å². The molecule has 0 bridgehead atoms. The fourth-order valence-corrected chi connectivity index (χ4v) is 0.944. The first-order valence-electron chi connectivity index (χ1n) is 4.97. The molecule has 20 heavy (non-hydrogen) atoms. The van der Waals surface area contributed by atoms with E-state index in [1.807, 2.05) is 6.07 Å². The van der Waals surface area contributed by atoms with E-state index in [4.69, 9.17) is 21.0 Å². The van der Waals surface area contributed by atoms with Crippen molar-refractivity contribution in [1.29, 1.82) is 21.0 Å². The highest BCUT2D eigenvalue weighted by Gasteiger charge is 1.98. The summed E-state index contributed by atoms with van der Waals surface area (Å²) in [5, 5.41) is 33.3. The molecular formula is C12H4N8. The Morgan fingerprint density at radius 1 is 0.750 bits per heavy atom. The topological polar surface area (TPSA) is 147 Å². The molecular weight excluding hydrogens is 256 g/mol. The van der Waals surface area contributed by atoms with Crippen molar-refractivity contribution in [3.05, 3.63) is 47.6 Å². The lowest BCUT2D eigenvalue weighted by molar-refractivity contribution is 1.10. The van der Waals surface area contributed by atoms with Gasteiger partial charge in [0.15, 0.2) is 5.69 Å². The summed E-state index contributed by atoms with van der Waals surface area (Å²) in [6.45, 7) is 0. The van der Waals surface area contributed by atoms with E-state index in [1.54, 1.807) is 18.2 Å². The van der Waals surface area contributed by atoms with Gasteiger partial charge in [0.1, 0.15) is 36.2 Å². The number of aromatic nitrogens is 4. The molecule has 92 valence electrons. The molecule has 2 heterocycles. The smallest absolute Gasteiger partial charge is 0.232 e. The fraction of sp³-hybridized carbons (Fsp3) is 0. The molecule has 0 N–H and O–H groups in total. The molecule has 0 aliphatic heterocycles. The van der Waals surface area contributed by atoms with Gasteiger partial charge in [-0.15, -0.1) is 0 Å². The number of hydrogen-bond acceptors (Lipinski definition) is 8. The van der Waals surface area contributed by atoms with Crippen LogP contribution < -0.4 is 0 Å². The lowest BCUT2D eigenvalue weighted by Gasteiger charge is -1.86. The summed E-state index contributed by atoms with van der Waals surface area (Å²) in [5.41, 5.74) is 0.696. The molecule has 8 nitrogen and oxygen atoms in total. The molecule has 0 aliphatic carbocycles. The van der Waals surface area contributed by atoms with Gasteiger partial charge in [-0.05, 0) is 0 Å². The minimum Gasteiger partial charge on any atom is -0.243 e. The van der Waals surface area contributed by atoms with E-state index in [1.165, 1.54) is 24.9 Å². The molecule has 0 saturated heterocycles. The summed E-state index contributed by atoms with van der Waals surface area (Å²) in [6.07, 6.45) is 5.17. The van der Waals surface area contributed by atoms with E-state index in [9.17, 15) is 0 Å². The second-order valence-electron chi connectivity index (χ2n) is 3.03. The Labute approximate surface area is 113 Å². The molecule has 0 atom stereocenters. The van der Waals surface area contributed by atoms with E-state index in [0.717, 1.165) is 0 Å². The van der Waals surface area contributed by atoms with E-state index in [2.05, 4.69) is 19.9 Å². The minimum atomic E-state index is 0.0824. The second-order valence-corrected chi connectivity index (χ2v) is 3.03. The lowest BCUT2D eigenvalue weighted by Crippen LogP contribution is -1.88. The van der Waals surface area contributed by atoms with Crippen molar-refractivity contribution in [3.63, 3.8) is 0 Å². The summed E-state index contributed by atoms with van der Waals surface area (Å²) in [4.78, 5) is 14.3. The molecule has 8 heteroatoms. The standard InChI is InChI=1S/2C6H2N4/c7-1-5-3-9-4-10-6(5)2-8;7-1-5-3-9-6(2-8)10-4-5/h2*3-4H. The van der Waals surface area contributed by atoms with Gasteiger partial charge in [0.05, 0.1) is 5.56 Å². The summed E-state index contributed by atoms with van der Waals surface area (Å²) in [5.74, 6) is 0.0824. The van der Waals surface area contributed by atoms with Crippen molar-refractivity contribution in [2.45, 2.75) is 0 Å². The maximum absolute atomic E-state index is 8.37. The molecule has 0 spiro atoms. The third kappa shape index (κ3) is 3.85. The number of hydrogen-bond donors (Lipinski definition) is 0. The summed E-state index contributed by atoms with van der Waals surface area (Å²) in [6, 6.07) is 7.16. The molecule has 0 unspecified atom stereocenters. The van der Waals surface area contributed by atoms with Crippen molar-refractivity contribution in [1.82, 2.24) is 19.9 Å². The fourth-order valence-electron chi connectivity index (χ4n) is 0.944. The summed E-state index contributed by atoms with van der Waals surface area (Å²) < 4.78 is 0. The quantitative estimate of drug-likeness (QED) is 0.662. The van der Waals surface area contributed by atoms with Gasteiger partial charge in [-0.2, -0.15) is 21.0 Å². The predicted octanol–water partition coefficient (Wildman–Crippen LogP) is 0.440. The molecule has 0 fully saturated rings. The average Bonchev–Trinajstić information content (AvgIpc) is 2.55. The largest absolute Gasteiger partial charge is 0.243 e. The molecule has 0 aromatic carbocycles. The second kappa shape index (κ2) is 7.45. The molecule has 0 amide bonds. The van der Waals surface area contributed by atoms with Crippen LogP contribution in [0.5, 0.6) is 0 Å². The Morgan fingerprint density at radius 3 is 1.90 bits per heavy atom. The van der Waals surface area contributed by atoms with Crippen LogP contribution in [0.2, 0.25) is 0 Å². The first kappa shape index (κ1) is 14.2. The Balaban J connectivity index is 0.000000200. The van der Waals surface area contributed by atoms with Gasteiger partial charge in [0, 0.05) is 18.6 Å². The van der Waals surface area contributed by atoms with E-state index >= 15 is 0 Å². The first-order valence-corrected chi connectivity index (χ1v) is 4.97. The van der Waals surface area contributed by atoms with Gasteiger partial charge in [-0.1, -0.05) is 0 Å². The van der Waals surface area contributed by atoms with Crippen LogP contribution in [-0.2, 0) is 0 Å². The molecule has 0 radical (unpaired) electrons. The lowest BCUT2D eigenvalue weighted by atomic mass is 10.3. The van der Waals surface area contributed by atoms with Crippen LogP contribution in [-0.4, -0.2) is 19.9 Å². The monoisotopic (exact) mass is 260 g/mol. The van der Waals surface area contributed by atoms with E-state index in [0.29, 0.717) is 5.56 Å². The molecule has 2 aromatic heterocycles. The zero-order chi connectivity index (χ0) is 14.8. The highest BCUT2D eigenvalue weighted by Crippen LogP contribution is 1.97. The molecule has 2 aromatic rings. The zero-order valence-electron chi connectivity index (χ0n) is 9.89. The number of nitriles is 4. The average molecular weight is 260 g/mol. The molecule has 0 saturated carbocycles. The van der Waals surface area contributed by atoms with Crippen LogP contribution in [0.1, 0.15) is 22.6 Å². The normalized spacial score (nSPS) is 7.80. The van der Waals surface area contributed by atoms with Crippen LogP contribution in [0, 0.1) is 45.3 Å². The third-order valence-corrected chi connectivity index (χ3v) is 1.82. The van der Waals surface area contributed by atoms with Gasteiger partial charge in [0.25, 0.3) is 0 Å². The van der Waals surface area contributed by atoms with Crippen LogP contribution in [0.15, 0.2) is 24.9 Å². The van der Waals surface area contributed by atoms with E-state index < -0.39 is 0 Å². The minimum absolute atomic E-state index is 0.0824. The zero-order valence-corrected chi connectivity index (χ0v) is 9.89. The maximum Gasteiger partial charge on any atom is 0.232 e. The van der Waals surface area contributed by atoms with Gasteiger partial charge in [-0.3, -0.25) is 0 Å². The molecule has 0 aliphatic rings. The van der Waals surface area contributed by atoms with Crippen LogP contribution >= 0.6 is 0 Å². The Morgan fingerprint density at radius 2 is 1.45 bits per heavy atom. The number of nitrogens with zero attached hydrogens (tertiary/aromatic N) is 8. The van der Waals surface area contributed by atoms with Gasteiger partial charge < -0.3 is 0 Å². The van der Waals surface area contributed by atoms with Crippen molar-refractivity contribution >= 4 is 0 Å². The Hall–Kier alpha value is -3.88. The maximum atomic E-state index is 8.37. The highest BCUT2D eigenvalue weighted by atomic mass is 14.9. The van der Waals surface area contributed by atoms with Crippen molar-refractivity contribution < 1.29 is 0 Å². The Bertz CT molecular complexity index is 686. The SMILES string of the molecule is N#Cc1cnc(C#N)nc1.N#Cc1cncnc1C#N. The van der Waals surface area contributed by atoms with Crippen LogP contribution in [0.4, 0.5) is 0 Å². The van der Waals surface area contributed by atoms with E-state index in [-0.39, 0.29) is 17.1 Å². The summed E-state index contributed by atoms with van der Waals surface area (Å²) in [7, 11) is 0. The Kier molecular flexibility index (Phi) is 5.28. The number of rotatable bonds is 0. The van der Waals surface area contributed by atoms with Crippen LogP contribution in [0.3, 0.4) is 0 Å². The van der Waals surface area contributed by atoms with Gasteiger partial charge in [0.2, 0.25) is 5.82 Å². The van der Waals surface area contributed by atoms with Gasteiger partial charge in [-0.25, -0.2) is 19.9 Å². The van der Waals surface area contributed by atoms with Crippen molar-refractivity contribution in [2.75, 3.05) is 0 Å². The van der Waals surface area contributed by atoms with Crippen LogP contribution in [0.25, 0.3) is 0 Å². The third-order valence-electron chi connectivity index (χ3n) is 1.82. The predicted molar refractivity (Wildman–Crippen MR) is 62.9 cm³/mol. The first-order chi connectivity index (χ1) is 9.74.